The van der Waals surface area contributed by atoms with Gasteiger partial charge in [0.2, 0.25) is 0 Å². The fraction of sp³-hybridized carbons (Fsp3) is 0.348. The van der Waals surface area contributed by atoms with E-state index in [4.69, 9.17) is 0 Å². The fourth-order valence-corrected chi connectivity index (χ4v) is 3.81. The quantitative estimate of drug-likeness (QED) is 0.702. The second-order valence-corrected chi connectivity index (χ2v) is 7.82. The van der Waals surface area contributed by atoms with E-state index >= 15 is 0 Å². The van der Waals surface area contributed by atoms with E-state index < -0.39 is 6.10 Å². The van der Waals surface area contributed by atoms with Gasteiger partial charge in [-0.2, -0.15) is 5.10 Å². The van der Waals surface area contributed by atoms with Crippen molar-refractivity contribution < 1.29 is 9.90 Å². The zero-order chi connectivity index (χ0) is 20.4. The molecule has 0 bridgehead atoms. The Bertz CT molecular complexity index is 1010. The minimum atomic E-state index is -0.457. The third-order valence-corrected chi connectivity index (χ3v) is 5.60. The molecular formula is C23H26N4O2. The molecule has 150 valence electrons. The highest BCUT2D eigenvalue weighted by Crippen LogP contribution is 2.21. The van der Waals surface area contributed by atoms with Crippen LogP contribution < -0.4 is 5.32 Å². The van der Waals surface area contributed by atoms with Gasteiger partial charge in [0.15, 0.2) is 0 Å². The van der Waals surface area contributed by atoms with E-state index in [1.165, 1.54) is 0 Å². The Kier molecular flexibility index (Phi) is 5.45. The first-order valence-corrected chi connectivity index (χ1v) is 10.0. The molecule has 2 N–H and O–H groups in total. The van der Waals surface area contributed by atoms with Crippen LogP contribution in [0.4, 0.5) is 0 Å². The summed E-state index contributed by atoms with van der Waals surface area (Å²) in [5.41, 5.74) is 5.72. The average molecular weight is 390 g/mol. The van der Waals surface area contributed by atoms with Crippen molar-refractivity contribution in [1.82, 2.24) is 20.1 Å². The predicted molar refractivity (Wildman–Crippen MR) is 112 cm³/mol. The molecule has 3 aromatic rings. The summed E-state index contributed by atoms with van der Waals surface area (Å²) in [4.78, 5) is 16.9. The Morgan fingerprint density at radius 3 is 2.69 bits per heavy atom. The number of aromatic nitrogens is 3. The Hall–Kier alpha value is -2.99. The first-order chi connectivity index (χ1) is 14.0. The standard InChI is InChI=1S/C23H26N4O2/c1-15-14-24-21(23(29)25-20-4-3-5-22(20)28)13-18(15)12-16-6-8-17(9-7-16)19-10-11-27(2)26-19/h6-11,13-14,20,22,28H,3-5,12H2,1-2H3,(H,25,29)/t20-,22-/m0/s1. The maximum Gasteiger partial charge on any atom is 0.270 e. The highest BCUT2D eigenvalue weighted by atomic mass is 16.3. The van der Waals surface area contributed by atoms with E-state index in [1.54, 1.807) is 10.9 Å². The van der Waals surface area contributed by atoms with Crippen molar-refractivity contribution in [3.63, 3.8) is 0 Å². The van der Waals surface area contributed by atoms with Crippen LogP contribution in [0.2, 0.25) is 0 Å². The van der Waals surface area contributed by atoms with Crippen molar-refractivity contribution >= 4 is 5.91 Å². The normalized spacial score (nSPS) is 18.7. The smallest absolute Gasteiger partial charge is 0.270 e. The van der Waals surface area contributed by atoms with Gasteiger partial charge in [0.05, 0.1) is 17.8 Å². The molecule has 6 nitrogen and oxygen atoms in total. The lowest BCUT2D eigenvalue weighted by Gasteiger charge is -2.16. The Labute approximate surface area is 170 Å². The largest absolute Gasteiger partial charge is 0.391 e. The lowest BCUT2D eigenvalue weighted by molar-refractivity contribution is 0.0868. The summed E-state index contributed by atoms with van der Waals surface area (Å²) in [6.07, 6.45) is 6.44. The first-order valence-electron chi connectivity index (χ1n) is 10.0. The maximum absolute atomic E-state index is 12.6. The zero-order valence-electron chi connectivity index (χ0n) is 16.8. The minimum absolute atomic E-state index is 0.173. The molecule has 1 saturated carbocycles. The number of carbonyl (C=O) groups is 1. The molecule has 0 unspecified atom stereocenters. The van der Waals surface area contributed by atoms with E-state index in [9.17, 15) is 9.90 Å². The van der Waals surface area contributed by atoms with Crippen molar-refractivity contribution in [2.24, 2.45) is 7.05 Å². The van der Waals surface area contributed by atoms with Gasteiger partial charge >= 0.3 is 0 Å². The van der Waals surface area contributed by atoms with E-state index in [-0.39, 0.29) is 11.9 Å². The number of hydrogen-bond acceptors (Lipinski definition) is 4. The Morgan fingerprint density at radius 1 is 1.24 bits per heavy atom. The maximum atomic E-state index is 12.6. The third-order valence-electron chi connectivity index (χ3n) is 5.60. The van der Waals surface area contributed by atoms with Crippen LogP contribution in [-0.4, -0.2) is 37.9 Å². The number of rotatable bonds is 5. The van der Waals surface area contributed by atoms with Crippen LogP contribution in [0.15, 0.2) is 48.8 Å². The molecule has 6 heteroatoms. The van der Waals surface area contributed by atoms with Gasteiger partial charge in [-0.25, -0.2) is 0 Å². The number of carbonyl (C=O) groups excluding carboxylic acids is 1. The van der Waals surface area contributed by atoms with Crippen LogP contribution in [0.25, 0.3) is 11.3 Å². The van der Waals surface area contributed by atoms with E-state index in [0.717, 1.165) is 53.6 Å². The van der Waals surface area contributed by atoms with E-state index in [1.807, 2.05) is 32.3 Å². The summed E-state index contributed by atoms with van der Waals surface area (Å²) in [5, 5.41) is 17.3. The topological polar surface area (TPSA) is 80.0 Å². The molecule has 0 radical (unpaired) electrons. The van der Waals surface area contributed by atoms with Crippen molar-refractivity contribution in [1.29, 1.82) is 0 Å². The highest BCUT2D eigenvalue weighted by molar-refractivity contribution is 5.92. The number of aryl methyl sites for hydroxylation is 2. The molecule has 2 heterocycles. The molecule has 0 saturated heterocycles. The fourth-order valence-electron chi connectivity index (χ4n) is 3.81. The second-order valence-electron chi connectivity index (χ2n) is 7.82. The molecule has 0 aliphatic heterocycles. The number of amides is 1. The van der Waals surface area contributed by atoms with Gasteiger partial charge in [-0.1, -0.05) is 24.3 Å². The molecule has 2 aromatic heterocycles. The molecule has 1 aliphatic rings. The van der Waals surface area contributed by atoms with Crippen LogP contribution in [0.5, 0.6) is 0 Å². The number of aliphatic hydroxyl groups excluding tert-OH is 1. The van der Waals surface area contributed by atoms with Crippen molar-refractivity contribution in [2.45, 2.75) is 44.8 Å². The van der Waals surface area contributed by atoms with Gasteiger partial charge in [0, 0.05) is 25.0 Å². The Balaban J connectivity index is 1.48. The van der Waals surface area contributed by atoms with Crippen LogP contribution in [-0.2, 0) is 13.5 Å². The van der Waals surface area contributed by atoms with E-state index in [2.05, 4.69) is 39.7 Å². The molecule has 4 rings (SSSR count). The third kappa shape index (κ3) is 4.38. The SMILES string of the molecule is Cc1cnc(C(=O)N[C@H]2CCC[C@@H]2O)cc1Cc1ccc(-c2ccn(C)n2)cc1. The summed E-state index contributed by atoms with van der Waals surface area (Å²) in [6.45, 7) is 2.01. The molecule has 1 fully saturated rings. The molecule has 29 heavy (non-hydrogen) atoms. The number of nitrogens with one attached hydrogen (secondary N) is 1. The lowest BCUT2D eigenvalue weighted by atomic mass is 9.99. The zero-order valence-corrected chi connectivity index (χ0v) is 16.8. The van der Waals surface area contributed by atoms with Crippen molar-refractivity contribution in [3.05, 3.63) is 71.2 Å². The molecule has 1 aromatic carbocycles. The van der Waals surface area contributed by atoms with Crippen LogP contribution in [0.3, 0.4) is 0 Å². The number of hydrogen-bond donors (Lipinski definition) is 2. The number of aliphatic hydroxyl groups is 1. The molecule has 1 aliphatic carbocycles. The molecule has 0 spiro atoms. The summed E-state index contributed by atoms with van der Waals surface area (Å²) in [5.74, 6) is -0.220. The van der Waals surface area contributed by atoms with Crippen LogP contribution in [0.1, 0.15) is 46.4 Å². The average Bonchev–Trinajstić information content (AvgIpc) is 3.32. The first kappa shape index (κ1) is 19.3. The minimum Gasteiger partial charge on any atom is -0.391 e. The number of benzene rings is 1. The summed E-state index contributed by atoms with van der Waals surface area (Å²) in [6, 6.07) is 12.0. The summed E-state index contributed by atoms with van der Waals surface area (Å²) in [7, 11) is 1.91. The van der Waals surface area contributed by atoms with E-state index in [0.29, 0.717) is 5.69 Å². The summed E-state index contributed by atoms with van der Waals surface area (Å²) < 4.78 is 1.79. The van der Waals surface area contributed by atoms with Crippen molar-refractivity contribution in [2.75, 3.05) is 0 Å². The highest BCUT2D eigenvalue weighted by Gasteiger charge is 2.27. The van der Waals surface area contributed by atoms with Gasteiger partial charge < -0.3 is 10.4 Å². The predicted octanol–water partition coefficient (Wildman–Crippen LogP) is 3.02. The lowest BCUT2D eigenvalue weighted by Crippen LogP contribution is -2.40. The number of pyridine rings is 1. The van der Waals surface area contributed by atoms with Crippen LogP contribution >= 0.6 is 0 Å². The monoisotopic (exact) mass is 390 g/mol. The molecule has 2 atom stereocenters. The van der Waals surface area contributed by atoms with Gasteiger partial charge in [-0.3, -0.25) is 14.5 Å². The number of nitrogens with zero attached hydrogens (tertiary/aromatic N) is 3. The molecule has 1 amide bonds. The van der Waals surface area contributed by atoms with Crippen molar-refractivity contribution in [3.8, 4) is 11.3 Å². The molecular weight excluding hydrogens is 364 g/mol. The van der Waals surface area contributed by atoms with Gasteiger partial charge in [-0.15, -0.1) is 0 Å². The summed E-state index contributed by atoms with van der Waals surface area (Å²) >= 11 is 0. The van der Waals surface area contributed by atoms with Crippen LogP contribution in [0, 0.1) is 6.92 Å². The second kappa shape index (κ2) is 8.17. The Morgan fingerprint density at radius 2 is 2.03 bits per heavy atom. The van der Waals surface area contributed by atoms with Gasteiger partial charge in [-0.05, 0) is 61.4 Å². The van der Waals surface area contributed by atoms with Gasteiger partial charge in [0.1, 0.15) is 5.69 Å². The van der Waals surface area contributed by atoms with Gasteiger partial charge in [0.25, 0.3) is 5.91 Å².